The van der Waals surface area contributed by atoms with Crippen LogP contribution in [-0.2, 0) is 6.42 Å². The number of nitrogens with two attached hydrogens (primary N) is 1. The first-order chi connectivity index (χ1) is 7.22. The summed E-state index contributed by atoms with van der Waals surface area (Å²) in [5.74, 6) is 0.964. The molecule has 80 valence electrons. The Hall–Kier alpha value is -1.82. The van der Waals surface area contributed by atoms with Gasteiger partial charge in [0.1, 0.15) is 0 Å². The Labute approximate surface area is 85.7 Å². The highest BCUT2D eigenvalue weighted by atomic mass is 16.7. The molecule has 0 amide bonds. The summed E-state index contributed by atoms with van der Waals surface area (Å²) in [5, 5.41) is 10.8. The molecular weight excluding hydrogens is 200 g/mol. The lowest BCUT2D eigenvalue weighted by atomic mass is 10.1. The average Bonchev–Trinajstić information content (AvgIpc) is 2.63. The first kappa shape index (κ1) is 9.72. The molecule has 0 saturated heterocycles. The van der Waals surface area contributed by atoms with E-state index < -0.39 is 4.92 Å². The standard InChI is InChI=1S/C9H10N2O4/c10-2-1-6-3-8-9(15-5-14-8)4-7(6)11(12)13/h3-4H,1-2,5,10H2. The third-order valence-electron chi connectivity index (χ3n) is 2.18. The SMILES string of the molecule is NCCc1cc2c(cc1[N+](=O)[O-])OCO2. The zero-order valence-corrected chi connectivity index (χ0v) is 7.93. The molecule has 0 bridgehead atoms. The van der Waals surface area contributed by atoms with Gasteiger partial charge in [-0.2, -0.15) is 0 Å². The molecule has 0 atom stereocenters. The molecule has 0 saturated carbocycles. The first-order valence-electron chi connectivity index (χ1n) is 4.49. The number of nitro benzene ring substituents is 1. The molecule has 1 heterocycles. The summed E-state index contributed by atoms with van der Waals surface area (Å²) in [6.45, 7) is 0.471. The van der Waals surface area contributed by atoms with E-state index in [9.17, 15) is 10.1 Å². The van der Waals surface area contributed by atoms with Gasteiger partial charge in [-0.15, -0.1) is 0 Å². The van der Waals surface area contributed by atoms with Crippen molar-refractivity contribution in [2.24, 2.45) is 5.73 Å². The summed E-state index contributed by atoms with van der Waals surface area (Å²) in [6.07, 6.45) is 0.451. The number of hydrogen-bond acceptors (Lipinski definition) is 5. The van der Waals surface area contributed by atoms with Gasteiger partial charge in [-0.3, -0.25) is 10.1 Å². The normalized spacial score (nSPS) is 12.9. The molecule has 0 radical (unpaired) electrons. The minimum Gasteiger partial charge on any atom is -0.454 e. The Kier molecular flexibility index (Phi) is 2.42. The Morgan fingerprint density at radius 3 is 2.67 bits per heavy atom. The van der Waals surface area contributed by atoms with Crippen molar-refractivity contribution in [2.45, 2.75) is 6.42 Å². The van der Waals surface area contributed by atoms with Crippen molar-refractivity contribution in [1.82, 2.24) is 0 Å². The molecule has 6 nitrogen and oxygen atoms in total. The quantitative estimate of drug-likeness (QED) is 0.589. The summed E-state index contributed by atoms with van der Waals surface area (Å²) in [7, 11) is 0. The summed E-state index contributed by atoms with van der Waals surface area (Å²) >= 11 is 0. The van der Waals surface area contributed by atoms with Gasteiger partial charge in [0.05, 0.1) is 11.0 Å². The van der Waals surface area contributed by atoms with Gasteiger partial charge >= 0.3 is 0 Å². The topological polar surface area (TPSA) is 87.6 Å². The van der Waals surface area contributed by atoms with Crippen LogP contribution in [0, 0.1) is 10.1 Å². The molecule has 0 aromatic heterocycles. The molecule has 2 N–H and O–H groups in total. The van der Waals surface area contributed by atoms with Crippen LogP contribution in [0.4, 0.5) is 5.69 Å². The Bertz CT molecular complexity index is 405. The van der Waals surface area contributed by atoms with E-state index in [4.69, 9.17) is 15.2 Å². The fourth-order valence-corrected chi connectivity index (χ4v) is 1.50. The van der Waals surface area contributed by atoms with Crippen molar-refractivity contribution in [1.29, 1.82) is 0 Å². The maximum atomic E-state index is 10.8. The Morgan fingerprint density at radius 2 is 2.07 bits per heavy atom. The van der Waals surface area contributed by atoms with Crippen LogP contribution in [0.3, 0.4) is 0 Å². The van der Waals surface area contributed by atoms with Gasteiger partial charge in [-0.05, 0) is 19.0 Å². The van der Waals surface area contributed by atoms with Crippen LogP contribution in [0.5, 0.6) is 11.5 Å². The highest BCUT2D eigenvalue weighted by molar-refractivity contribution is 5.55. The fraction of sp³-hybridized carbons (Fsp3) is 0.333. The Morgan fingerprint density at radius 1 is 1.40 bits per heavy atom. The van der Waals surface area contributed by atoms with E-state index >= 15 is 0 Å². The van der Waals surface area contributed by atoms with Crippen LogP contribution in [0.1, 0.15) is 5.56 Å². The van der Waals surface area contributed by atoms with Crippen molar-refractivity contribution in [2.75, 3.05) is 13.3 Å². The smallest absolute Gasteiger partial charge is 0.276 e. The lowest BCUT2D eigenvalue weighted by molar-refractivity contribution is -0.385. The summed E-state index contributed by atoms with van der Waals surface area (Å²) in [6, 6.07) is 3.00. The summed E-state index contributed by atoms with van der Waals surface area (Å²) in [4.78, 5) is 10.3. The van der Waals surface area contributed by atoms with Crippen LogP contribution < -0.4 is 15.2 Å². The fourth-order valence-electron chi connectivity index (χ4n) is 1.50. The minimum absolute atomic E-state index is 0.0321. The van der Waals surface area contributed by atoms with Crippen molar-refractivity contribution in [3.8, 4) is 11.5 Å². The van der Waals surface area contributed by atoms with Gasteiger partial charge in [0.2, 0.25) is 6.79 Å². The second-order valence-corrected chi connectivity index (χ2v) is 3.13. The maximum absolute atomic E-state index is 10.8. The number of fused-ring (bicyclic) bond motifs is 1. The lowest BCUT2D eigenvalue weighted by Crippen LogP contribution is -2.05. The van der Waals surface area contributed by atoms with E-state index in [0.29, 0.717) is 30.0 Å². The van der Waals surface area contributed by atoms with E-state index in [2.05, 4.69) is 0 Å². The second-order valence-electron chi connectivity index (χ2n) is 3.13. The van der Waals surface area contributed by atoms with E-state index in [1.807, 2.05) is 0 Å². The molecule has 0 fully saturated rings. The van der Waals surface area contributed by atoms with Gasteiger partial charge < -0.3 is 15.2 Å². The number of rotatable bonds is 3. The van der Waals surface area contributed by atoms with Gasteiger partial charge in [-0.1, -0.05) is 0 Å². The highest BCUT2D eigenvalue weighted by Crippen LogP contribution is 2.37. The molecule has 6 heteroatoms. The van der Waals surface area contributed by atoms with E-state index in [1.54, 1.807) is 6.07 Å². The summed E-state index contributed by atoms with van der Waals surface area (Å²) in [5.41, 5.74) is 5.99. The predicted molar refractivity (Wildman–Crippen MR) is 52.0 cm³/mol. The molecule has 0 spiro atoms. The molecule has 0 unspecified atom stereocenters. The molecular formula is C9H10N2O4. The molecule has 15 heavy (non-hydrogen) atoms. The third-order valence-corrected chi connectivity index (χ3v) is 2.18. The number of nitro groups is 1. The third kappa shape index (κ3) is 1.71. The van der Waals surface area contributed by atoms with Crippen molar-refractivity contribution >= 4 is 5.69 Å². The first-order valence-corrected chi connectivity index (χ1v) is 4.49. The minimum atomic E-state index is -0.438. The highest BCUT2D eigenvalue weighted by Gasteiger charge is 2.22. The molecule has 1 aromatic carbocycles. The zero-order chi connectivity index (χ0) is 10.8. The van der Waals surface area contributed by atoms with Gasteiger partial charge in [0, 0.05) is 5.56 Å². The molecule has 0 aliphatic carbocycles. The van der Waals surface area contributed by atoms with E-state index in [0.717, 1.165) is 0 Å². The molecule has 2 rings (SSSR count). The van der Waals surface area contributed by atoms with Gasteiger partial charge in [0.15, 0.2) is 11.5 Å². The van der Waals surface area contributed by atoms with Crippen LogP contribution in [-0.4, -0.2) is 18.3 Å². The average molecular weight is 210 g/mol. The van der Waals surface area contributed by atoms with Crippen LogP contribution in [0.15, 0.2) is 12.1 Å². The predicted octanol–water partition coefficient (Wildman–Crippen LogP) is 0.825. The van der Waals surface area contributed by atoms with E-state index in [1.165, 1.54) is 6.07 Å². The zero-order valence-electron chi connectivity index (χ0n) is 7.93. The monoisotopic (exact) mass is 210 g/mol. The van der Waals surface area contributed by atoms with Crippen molar-refractivity contribution < 1.29 is 14.4 Å². The number of hydrogen-bond donors (Lipinski definition) is 1. The largest absolute Gasteiger partial charge is 0.454 e. The molecule has 1 aliphatic heterocycles. The lowest BCUT2D eigenvalue weighted by Gasteiger charge is -2.02. The van der Waals surface area contributed by atoms with Gasteiger partial charge in [0.25, 0.3) is 5.69 Å². The number of nitrogens with zero attached hydrogens (tertiary/aromatic N) is 1. The van der Waals surface area contributed by atoms with Crippen molar-refractivity contribution in [3.63, 3.8) is 0 Å². The molecule has 1 aliphatic rings. The number of ether oxygens (including phenoxy) is 2. The van der Waals surface area contributed by atoms with Crippen LogP contribution in [0.25, 0.3) is 0 Å². The van der Waals surface area contributed by atoms with Crippen LogP contribution >= 0.6 is 0 Å². The summed E-state index contributed by atoms with van der Waals surface area (Å²) < 4.78 is 10.2. The van der Waals surface area contributed by atoms with Crippen LogP contribution in [0.2, 0.25) is 0 Å². The van der Waals surface area contributed by atoms with Gasteiger partial charge in [-0.25, -0.2) is 0 Å². The maximum Gasteiger partial charge on any atom is 0.276 e. The van der Waals surface area contributed by atoms with Crippen molar-refractivity contribution in [3.05, 3.63) is 27.8 Å². The Balaban J connectivity index is 2.47. The van der Waals surface area contributed by atoms with E-state index in [-0.39, 0.29) is 12.5 Å². The second kappa shape index (κ2) is 3.74. The molecule has 1 aromatic rings. The number of benzene rings is 1.